The number of nitrogens with zero attached hydrogens (tertiary/aromatic N) is 2. The van der Waals surface area contributed by atoms with Gasteiger partial charge in [-0.15, -0.1) is 0 Å². The van der Waals surface area contributed by atoms with Gasteiger partial charge < -0.3 is 24.6 Å². The van der Waals surface area contributed by atoms with E-state index in [-0.39, 0.29) is 24.6 Å². The van der Waals surface area contributed by atoms with Crippen molar-refractivity contribution >= 4 is 11.8 Å². The smallest absolute Gasteiger partial charge is 0.243 e. The highest BCUT2D eigenvalue weighted by molar-refractivity contribution is 5.91. The summed E-state index contributed by atoms with van der Waals surface area (Å²) in [6, 6.07) is 5.34. The highest BCUT2D eigenvalue weighted by Gasteiger charge is 2.36. The van der Waals surface area contributed by atoms with E-state index in [0.29, 0.717) is 30.9 Å². The van der Waals surface area contributed by atoms with Crippen molar-refractivity contribution in [3.63, 3.8) is 0 Å². The Labute approximate surface area is 160 Å². The minimum absolute atomic E-state index is 0.0214. The molecule has 1 fully saturated rings. The molecule has 1 aromatic rings. The molecule has 0 aliphatic carbocycles. The first-order valence-electron chi connectivity index (χ1n) is 9.57. The third kappa shape index (κ3) is 4.91. The molecule has 2 atom stereocenters. The predicted octanol–water partition coefficient (Wildman–Crippen LogP) is 1.75. The van der Waals surface area contributed by atoms with Crippen molar-refractivity contribution in [3.8, 4) is 11.5 Å². The second-order valence-electron chi connectivity index (χ2n) is 7.62. The summed E-state index contributed by atoms with van der Waals surface area (Å²) < 4.78 is 10.7. The predicted molar refractivity (Wildman–Crippen MR) is 102 cm³/mol. The van der Waals surface area contributed by atoms with Crippen molar-refractivity contribution in [1.29, 1.82) is 0 Å². The van der Waals surface area contributed by atoms with Crippen LogP contribution in [0.4, 0.5) is 0 Å². The average molecular weight is 375 g/mol. The molecular formula is C20H29N3O4. The third-order valence-electron chi connectivity index (χ3n) is 5.05. The van der Waals surface area contributed by atoms with E-state index in [1.165, 1.54) is 0 Å². The Morgan fingerprint density at radius 3 is 2.89 bits per heavy atom. The molecule has 2 unspecified atom stereocenters. The number of hydrogen-bond donors (Lipinski definition) is 1. The first kappa shape index (κ1) is 19.5. The number of carbonyl (C=O) groups excluding carboxylic acids is 2. The minimum Gasteiger partial charge on any atom is -0.454 e. The molecule has 0 bridgehead atoms. The first-order valence-corrected chi connectivity index (χ1v) is 9.57. The van der Waals surface area contributed by atoms with E-state index < -0.39 is 6.04 Å². The van der Waals surface area contributed by atoms with Crippen molar-refractivity contribution in [1.82, 2.24) is 15.1 Å². The monoisotopic (exact) mass is 375 g/mol. The van der Waals surface area contributed by atoms with Gasteiger partial charge in [-0.1, -0.05) is 6.07 Å². The number of ether oxygens (including phenoxy) is 2. The van der Waals surface area contributed by atoms with Gasteiger partial charge in [-0.3, -0.25) is 9.59 Å². The van der Waals surface area contributed by atoms with Crippen molar-refractivity contribution in [2.45, 2.75) is 51.2 Å². The zero-order valence-electron chi connectivity index (χ0n) is 16.4. The lowest BCUT2D eigenvalue weighted by atomic mass is 10.1. The Kier molecular flexibility index (Phi) is 6.21. The van der Waals surface area contributed by atoms with E-state index in [1.807, 2.05) is 39.2 Å². The van der Waals surface area contributed by atoms with Crippen LogP contribution in [0.1, 0.15) is 38.2 Å². The van der Waals surface area contributed by atoms with E-state index in [1.54, 1.807) is 4.90 Å². The lowest BCUT2D eigenvalue weighted by molar-refractivity contribution is -0.136. The van der Waals surface area contributed by atoms with Crippen LogP contribution in [0.25, 0.3) is 0 Å². The summed E-state index contributed by atoms with van der Waals surface area (Å²) in [7, 11) is 4.09. The van der Waals surface area contributed by atoms with E-state index in [0.717, 1.165) is 24.9 Å². The molecule has 1 saturated heterocycles. The SMILES string of the molecule is CC(CCCN(C)C)NC(=O)C1CCC(=O)N1Cc1ccc2c(c1)OCO2. The summed E-state index contributed by atoms with van der Waals surface area (Å²) in [6.45, 7) is 3.64. The maximum Gasteiger partial charge on any atom is 0.243 e. The van der Waals surface area contributed by atoms with E-state index in [9.17, 15) is 9.59 Å². The third-order valence-corrected chi connectivity index (χ3v) is 5.05. The van der Waals surface area contributed by atoms with Crippen LogP contribution in [0, 0.1) is 0 Å². The second kappa shape index (κ2) is 8.61. The highest BCUT2D eigenvalue weighted by Crippen LogP contribution is 2.33. The van der Waals surface area contributed by atoms with Gasteiger partial charge in [-0.05, 0) is 64.5 Å². The van der Waals surface area contributed by atoms with Crippen LogP contribution in [0.2, 0.25) is 0 Å². The summed E-state index contributed by atoms with van der Waals surface area (Å²) in [6.07, 6.45) is 2.93. The Hall–Kier alpha value is -2.28. The molecule has 2 heterocycles. The summed E-state index contributed by atoms with van der Waals surface area (Å²) in [5, 5.41) is 3.08. The number of hydrogen-bond acceptors (Lipinski definition) is 5. The van der Waals surface area contributed by atoms with Crippen LogP contribution in [-0.4, -0.2) is 61.1 Å². The molecule has 2 amide bonds. The van der Waals surface area contributed by atoms with Gasteiger partial charge in [0, 0.05) is 19.0 Å². The molecule has 3 rings (SSSR count). The maximum absolute atomic E-state index is 12.7. The second-order valence-corrected chi connectivity index (χ2v) is 7.62. The fourth-order valence-corrected chi connectivity index (χ4v) is 3.57. The quantitative estimate of drug-likeness (QED) is 0.750. The summed E-state index contributed by atoms with van der Waals surface area (Å²) in [5.74, 6) is 1.37. The zero-order chi connectivity index (χ0) is 19.4. The van der Waals surface area contributed by atoms with Crippen molar-refractivity contribution < 1.29 is 19.1 Å². The number of benzene rings is 1. The van der Waals surface area contributed by atoms with Gasteiger partial charge in [0.25, 0.3) is 0 Å². The molecule has 148 valence electrons. The van der Waals surface area contributed by atoms with Crippen LogP contribution >= 0.6 is 0 Å². The first-order chi connectivity index (χ1) is 12.9. The Morgan fingerprint density at radius 2 is 2.11 bits per heavy atom. The van der Waals surface area contributed by atoms with Gasteiger partial charge in [0.1, 0.15) is 6.04 Å². The van der Waals surface area contributed by atoms with Crippen LogP contribution in [-0.2, 0) is 16.1 Å². The summed E-state index contributed by atoms with van der Waals surface area (Å²) in [4.78, 5) is 28.9. The molecule has 7 nitrogen and oxygen atoms in total. The number of carbonyl (C=O) groups is 2. The molecule has 0 saturated carbocycles. The topological polar surface area (TPSA) is 71.1 Å². The molecule has 0 aromatic heterocycles. The Morgan fingerprint density at radius 1 is 1.33 bits per heavy atom. The average Bonchev–Trinajstić information content (AvgIpc) is 3.21. The van der Waals surface area contributed by atoms with E-state index in [2.05, 4.69) is 10.2 Å². The Balaban J connectivity index is 1.57. The number of nitrogens with one attached hydrogen (secondary N) is 1. The summed E-state index contributed by atoms with van der Waals surface area (Å²) in [5.41, 5.74) is 0.936. The number of fused-ring (bicyclic) bond motifs is 1. The molecule has 7 heteroatoms. The van der Waals surface area contributed by atoms with Crippen molar-refractivity contribution in [3.05, 3.63) is 23.8 Å². The molecule has 2 aliphatic heterocycles. The molecule has 2 aliphatic rings. The minimum atomic E-state index is -0.403. The van der Waals surface area contributed by atoms with Gasteiger partial charge in [-0.2, -0.15) is 0 Å². The van der Waals surface area contributed by atoms with Crippen LogP contribution in [0.5, 0.6) is 11.5 Å². The van der Waals surface area contributed by atoms with Gasteiger partial charge >= 0.3 is 0 Å². The fourth-order valence-electron chi connectivity index (χ4n) is 3.57. The highest BCUT2D eigenvalue weighted by atomic mass is 16.7. The fraction of sp³-hybridized carbons (Fsp3) is 0.600. The van der Waals surface area contributed by atoms with Crippen molar-refractivity contribution in [2.75, 3.05) is 27.4 Å². The van der Waals surface area contributed by atoms with Crippen LogP contribution in [0.3, 0.4) is 0 Å². The van der Waals surface area contributed by atoms with Gasteiger partial charge in [-0.25, -0.2) is 0 Å². The normalized spacial score (nSPS) is 19.6. The largest absolute Gasteiger partial charge is 0.454 e. The number of amides is 2. The lowest BCUT2D eigenvalue weighted by Crippen LogP contribution is -2.47. The maximum atomic E-state index is 12.7. The molecule has 0 radical (unpaired) electrons. The molecule has 1 N–H and O–H groups in total. The molecule has 27 heavy (non-hydrogen) atoms. The van der Waals surface area contributed by atoms with Crippen LogP contribution in [0.15, 0.2) is 18.2 Å². The van der Waals surface area contributed by atoms with Gasteiger partial charge in [0.05, 0.1) is 0 Å². The van der Waals surface area contributed by atoms with E-state index in [4.69, 9.17) is 9.47 Å². The van der Waals surface area contributed by atoms with E-state index >= 15 is 0 Å². The number of likely N-dealkylation sites (tertiary alicyclic amines) is 1. The standard InChI is InChI=1S/C20H29N3O4/c1-14(5-4-10-22(2)3)21-20(25)16-7-9-19(24)23(16)12-15-6-8-17-18(11-15)27-13-26-17/h6,8,11,14,16H,4-5,7,9-10,12-13H2,1-3H3,(H,21,25). The lowest BCUT2D eigenvalue weighted by Gasteiger charge is -2.26. The van der Waals surface area contributed by atoms with Gasteiger partial charge in [0.2, 0.25) is 18.6 Å². The van der Waals surface area contributed by atoms with Crippen LogP contribution < -0.4 is 14.8 Å². The molecule has 0 spiro atoms. The van der Waals surface area contributed by atoms with Gasteiger partial charge in [0.15, 0.2) is 11.5 Å². The summed E-state index contributed by atoms with van der Waals surface area (Å²) >= 11 is 0. The van der Waals surface area contributed by atoms with Crippen molar-refractivity contribution in [2.24, 2.45) is 0 Å². The molecular weight excluding hydrogens is 346 g/mol. The Bertz CT molecular complexity index is 692. The zero-order valence-corrected chi connectivity index (χ0v) is 16.4. The molecule has 1 aromatic carbocycles. The number of rotatable bonds is 8.